The van der Waals surface area contributed by atoms with Crippen molar-refractivity contribution in [2.45, 2.75) is 0 Å². The SMILES string of the molecule is O=C(c1cccc(Cl)c1Cl)N1CCN(c2cccc3ccccc23)C(=O)C1. The number of piperazine rings is 1. The Morgan fingerprint density at radius 2 is 1.63 bits per heavy atom. The molecule has 136 valence electrons. The van der Waals surface area contributed by atoms with Crippen LogP contribution >= 0.6 is 23.2 Å². The van der Waals surface area contributed by atoms with Crippen molar-refractivity contribution in [1.29, 1.82) is 0 Å². The van der Waals surface area contributed by atoms with Crippen LogP contribution in [0.4, 0.5) is 5.69 Å². The molecule has 4 nitrogen and oxygen atoms in total. The molecular weight excluding hydrogens is 383 g/mol. The molecule has 0 unspecified atom stereocenters. The maximum Gasteiger partial charge on any atom is 0.255 e. The van der Waals surface area contributed by atoms with Crippen molar-refractivity contribution in [3.8, 4) is 0 Å². The first-order valence-corrected chi connectivity index (χ1v) is 9.33. The number of rotatable bonds is 2. The van der Waals surface area contributed by atoms with Gasteiger partial charge in [-0.1, -0.05) is 65.7 Å². The third-order valence-electron chi connectivity index (χ3n) is 4.75. The molecule has 0 saturated carbocycles. The van der Waals surface area contributed by atoms with Crippen molar-refractivity contribution in [2.75, 3.05) is 24.5 Å². The van der Waals surface area contributed by atoms with Crippen LogP contribution in [0.3, 0.4) is 0 Å². The summed E-state index contributed by atoms with van der Waals surface area (Å²) in [6, 6.07) is 18.8. The third kappa shape index (κ3) is 3.27. The molecule has 0 spiro atoms. The van der Waals surface area contributed by atoms with Gasteiger partial charge in [-0.3, -0.25) is 9.59 Å². The van der Waals surface area contributed by atoms with Gasteiger partial charge >= 0.3 is 0 Å². The van der Waals surface area contributed by atoms with E-state index in [4.69, 9.17) is 23.2 Å². The van der Waals surface area contributed by atoms with Gasteiger partial charge in [0.1, 0.15) is 6.54 Å². The van der Waals surface area contributed by atoms with Gasteiger partial charge < -0.3 is 9.80 Å². The summed E-state index contributed by atoms with van der Waals surface area (Å²) in [7, 11) is 0. The minimum Gasteiger partial charge on any atom is -0.327 e. The largest absolute Gasteiger partial charge is 0.327 e. The lowest BCUT2D eigenvalue weighted by Crippen LogP contribution is -2.52. The van der Waals surface area contributed by atoms with Gasteiger partial charge in [0.25, 0.3) is 5.91 Å². The monoisotopic (exact) mass is 398 g/mol. The van der Waals surface area contributed by atoms with Gasteiger partial charge in [-0.25, -0.2) is 0 Å². The van der Waals surface area contributed by atoms with Crippen molar-refractivity contribution >= 4 is 51.5 Å². The molecule has 4 rings (SSSR count). The van der Waals surface area contributed by atoms with Crippen LogP contribution in [-0.2, 0) is 4.79 Å². The predicted molar refractivity (Wildman–Crippen MR) is 109 cm³/mol. The van der Waals surface area contributed by atoms with E-state index in [1.807, 2.05) is 42.5 Å². The molecular formula is C21H16Cl2N2O2. The number of amides is 2. The molecule has 1 saturated heterocycles. The maximum absolute atomic E-state index is 12.8. The summed E-state index contributed by atoms with van der Waals surface area (Å²) in [6.45, 7) is 0.859. The van der Waals surface area contributed by atoms with Gasteiger partial charge in [0.15, 0.2) is 0 Å². The lowest BCUT2D eigenvalue weighted by Gasteiger charge is -2.35. The Hall–Kier alpha value is -2.56. The Kier molecular flexibility index (Phi) is 4.77. The molecule has 1 heterocycles. The van der Waals surface area contributed by atoms with Crippen LogP contribution in [0.1, 0.15) is 10.4 Å². The predicted octanol–water partition coefficient (Wildman–Crippen LogP) is 4.64. The first kappa shape index (κ1) is 17.8. The Morgan fingerprint density at radius 1 is 0.889 bits per heavy atom. The number of benzene rings is 3. The minimum atomic E-state index is -0.284. The molecule has 0 N–H and O–H groups in total. The van der Waals surface area contributed by atoms with Gasteiger partial charge in [-0.15, -0.1) is 0 Å². The second kappa shape index (κ2) is 7.22. The van der Waals surface area contributed by atoms with Gasteiger partial charge in [-0.2, -0.15) is 0 Å². The maximum atomic E-state index is 12.8. The first-order chi connectivity index (χ1) is 13.1. The zero-order chi connectivity index (χ0) is 19.0. The van der Waals surface area contributed by atoms with E-state index in [2.05, 4.69) is 0 Å². The molecule has 6 heteroatoms. The smallest absolute Gasteiger partial charge is 0.255 e. The first-order valence-electron chi connectivity index (χ1n) is 8.57. The van der Waals surface area contributed by atoms with E-state index in [0.29, 0.717) is 23.7 Å². The quantitative estimate of drug-likeness (QED) is 0.630. The van der Waals surface area contributed by atoms with Gasteiger partial charge in [0.2, 0.25) is 5.91 Å². The van der Waals surface area contributed by atoms with Crippen molar-refractivity contribution in [3.05, 3.63) is 76.3 Å². The summed E-state index contributed by atoms with van der Waals surface area (Å²) < 4.78 is 0. The van der Waals surface area contributed by atoms with Crippen LogP contribution in [-0.4, -0.2) is 36.3 Å². The molecule has 3 aromatic rings. The molecule has 0 radical (unpaired) electrons. The summed E-state index contributed by atoms with van der Waals surface area (Å²) in [5.74, 6) is -0.405. The van der Waals surface area contributed by atoms with E-state index in [9.17, 15) is 9.59 Å². The van der Waals surface area contributed by atoms with Crippen molar-refractivity contribution < 1.29 is 9.59 Å². The fraction of sp³-hybridized carbons (Fsp3) is 0.143. The highest BCUT2D eigenvalue weighted by Crippen LogP contribution is 2.30. The highest BCUT2D eigenvalue weighted by atomic mass is 35.5. The van der Waals surface area contributed by atoms with Crippen LogP contribution in [0.25, 0.3) is 10.8 Å². The third-order valence-corrected chi connectivity index (χ3v) is 5.57. The summed E-state index contributed by atoms with van der Waals surface area (Å²) in [5, 5.41) is 2.63. The number of carbonyl (C=O) groups is 2. The Balaban J connectivity index is 1.58. The molecule has 1 aliphatic heterocycles. The van der Waals surface area contributed by atoms with E-state index in [-0.39, 0.29) is 23.4 Å². The van der Waals surface area contributed by atoms with Gasteiger partial charge in [-0.05, 0) is 23.6 Å². The van der Waals surface area contributed by atoms with Crippen molar-refractivity contribution in [2.24, 2.45) is 0 Å². The Morgan fingerprint density at radius 3 is 2.44 bits per heavy atom. The Bertz CT molecular complexity index is 1050. The highest BCUT2D eigenvalue weighted by Gasteiger charge is 2.30. The average molecular weight is 399 g/mol. The highest BCUT2D eigenvalue weighted by molar-refractivity contribution is 6.43. The number of fused-ring (bicyclic) bond motifs is 1. The Labute approximate surface area is 166 Å². The second-order valence-corrected chi connectivity index (χ2v) is 7.16. The lowest BCUT2D eigenvalue weighted by atomic mass is 10.1. The molecule has 27 heavy (non-hydrogen) atoms. The average Bonchev–Trinajstić information content (AvgIpc) is 2.69. The van der Waals surface area contributed by atoms with E-state index in [0.717, 1.165) is 16.5 Å². The molecule has 1 aliphatic rings. The number of halogens is 2. The number of hydrogen-bond donors (Lipinski definition) is 0. The standard InChI is InChI=1S/C21H16Cl2N2O2/c22-17-9-4-8-16(20(17)23)21(27)24-11-12-25(19(26)13-24)18-10-3-6-14-5-1-2-7-15(14)18/h1-10H,11-13H2. The summed E-state index contributed by atoms with van der Waals surface area (Å²) in [6.07, 6.45) is 0. The van der Waals surface area contributed by atoms with Crippen LogP contribution in [0, 0.1) is 0 Å². The van der Waals surface area contributed by atoms with Crippen LogP contribution in [0.15, 0.2) is 60.7 Å². The van der Waals surface area contributed by atoms with Crippen molar-refractivity contribution in [1.82, 2.24) is 4.90 Å². The van der Waals surface area contributed by atoms with E-state index in [1.165, 1.54) is 4.90 Å². The van der Waals surface area contributed by atoms with E-state index in [1.54, 1.807) is 23.1 Å². The molecule has 0 aliphatic carbocycles. The number of anilines is 1. The molecule has 2 amide bonds. The molecule has 0 atom stereocenters. The molecule has 3 aromatic carbocycles. The summed E-state index contributed by atoms with van der Waals surface area (Å²) >= 11 is 12.2. The van der Waals surface area contributed by atoms with Gasteiger partial charge in [0.05, 0.1) is 21.3 Å². The molecule has 0 aromatic heterocycles. The molecule has 1 fully saturated rings. The molecule has 0 bridgehead atoms. The second-order valence-electron chi connectivity index (χ2n) is 6.37. The zero-order valence-electron chi connectivity index (χ0n) is 14.4. The fourth-order valence-electron chi connectivity index (χ4n) is 3.38. The fourth-order valence-corrected chi connectivity index (χ4v) is 3.77. The topological polar surface area (TPSA) is 40.6 Å². The normalized spacial score (nSPS) is 14.7. The summed E-state index contributed by atoms with van der Waals surface area (Å²) in [4.78, 5) is 28.9. The van der Waals surface area contributed by atoms with Crippen LogP contribution in [0.2, 0.25) is 10.0 Å². The van der Waals surface area contributed by atoms with E-state index < -0.39 is 0 Å². The van der Waals surface area contributed by atoms with Crippen molar-refractivity contribution in [3.63, 3.8) is 0 Å². The van der Waals surface area contributed by atoms with Gasteiger partial charge in [0, 0.05) is 18.5 Å². The zero-order valence-corrected chi connectivity index (χ0v) is 15.9. The number of carbonyl (C=O) groups excluding carboxylic acids is 2. The lowest BCUT2D eigenvalue weighted by molar-refractivity contribution is -0.120. The van der Waals surface area contributed by atoms with Crippen LogP contribution < -0.4 is 4.90 Å². The van der Waals surface area contributed by atoms with Crippen LogP contribution in [0.5, 0.6) is 0 Å². The number of hydrogen-bond acceptors (Lipinski definition) is 2. The minimum absolute atomic E-state index is 0.00486. The summed E-state index contributed by atoms with van der Waals surface area (Å²) in [5.41, 5.74) is 1.18. The van der Waals surface area contributed by atoms with E-state index >= 15 is 0 Å². The number of nitrogens with zero attached hydrogens (tertiary/aromatic N) is 2.